The van der Waals surface area contributed by atoms with E-state index < -0.39 is 29.3 Å². The minimum absolute atomic E-state index is 0.0438. The van der Waals surface area contributed by atoms with Crippen LogP contribution in [-0.4, -0.2) is 97.1 Å². The maximum absolute atomic E-state index is 15.2. The third-order valence-corrected chi connectivity index (χ3v) is 10.9. The van der Waals surface area contributed by atoms with Gasteiger partial charge in [-0.3, -0.25) is 14.4 Å². The van der Waals surface area contributed by atoms with Crippen molar-refractivity contribution in [3.8, 4) is 11.5 Å². The number of nitrogens with one attached hydrogen (secondary N) is 2. The molecule has 44 heavy (non-hydrogen) atoms. The molecule has 6 atom stereocenters. The summed E-state index contributed by atoms with van der Waals surface area (Å²) in [6.45, 7) is 7.51. The Kier molecular flexibility index (Phi) is 7.72. The number of Topliss-reactive ketones (excluding diaryl/α,β-unsaturated/α-hetero) is 1. The van der Waals surface area contributed by atoms with Gasteiger partial charge < -0.3 is 34.6 Å². The largest absolute Gasteiger partial charge is 0.844 e. The molecule has 3 fully saturated rings. The van der Waals surface area contributed by atoms with Crippen LogP contribution in [0.2, 0.25) is 0 Å². The molecular weight excluding hydrogens is 564 g/mol. The SMILES string of the molecule is CC(=O)N[C@@H](CC(C)C)C(=O)NCCN(C)C(=O)Oc1ccc2c3c1O[C@H]1C(=O)CC[C@@]4([O-])[C@@H](C2)[N+](C)(CC2CC2)CC[C@]314. The smallest absolute Gasteiger partial charge is 0.415 e. The number of ether oxygens (including phenoxy) is 2. The van der Waals surface area contributed by atoms with Crippen molar-refractivity contribution in [2.75, 3.05) is 40.3 Å². The number of piperidine rings is 1. The zero-order chi connectivity index (χ0) is 31.6. The van der Waals surface area contributed by atoms with Gasteiger partial charge in [-0.25, -0.2) is 4.79 Å². The normalized spacial score (nSPS) is 31.9. The summed E-state index contributed by atoms with van der Waals surface area (Å²) in [7, 11) is 3.81. The molecule has 2 heterocycles. The Balaban J connectivity index is 1.19. The Bertz CT molecular complexity index is 1380. The van der Waals surface area contributed by atoms with Gasteiger partial charge in [0.15, 0.2) is 23.4 Å². The first-order valence-corrected chi connectivity index (χ1v) is 16.2. The molecule has 1 aromatic rings. The lowest BCUT2D eigenvalue weighted by Gasteiger charge is -2.70. The van der Waals surface area contributed by atoms with E-state index in [1.54, 1.807) is 13.1 Å². The molecule has 5 aliphatic rings. The maximum atomic E-state index is 15.2. The Morgan fingerprint density at radius 1 is 1.23 bits per heavy atom. The van der Waals surface area contributed by atoms with Crippen LogP contribution in [-0.2, 0) is 26.2 Å². The minimum atomic E-state index is -1.33. The third kappa shape index (κ3) is 4.96. The van der Waals surface area contributed by atoms with Gasteiger partial charge in [0.2, 0.25) is 11.8 Å². The number of ketones is 1. The predicted octanol–water partition coefficient (Wildman–Crippen LogP) is 1.43. The number of carbonyl (C=O) groups excluding carboxylic acids is 4. The molecule has 11 heteroatoms. The van der Waals surface area contributed by atoms with E-state index in [1.165, 1.54) is 24.7 Å². The van der Waals surface area contributed by atoms with Gasteiger partial charge in [-0.05, 0) is 48.8 Å². The van der Waals surface area contributed by atoms with Crippen molar-refractivity contribution in [2.24, 2.45) is 11.8 Å². The topological polar surface area (TPSA) is 137 Å². The molecule has 1 saturated heterocycles. The fourth-order valence-corrected chi connectivity index (χ4v) is 8.65. The van der Waals surface area contributed by atoms with Crippen LogP contribution in [0, 0.1) is 11.8 Å². The van der Waals surface area contributed by atoms with Gasteiger partial charge in [-0.2, -0.15) is 0 Å². The van der Waals surface area contributed by atoms with Gasteiger partial charge in [0.25, 0.3) is 0 Å². The van der Waals surface area contributed by atoms with Crippen LogP contribution < -0.4 is 25.2 Å². The Morgan fingerprint density at radius 2 is 1.98 bits per heavy atom. The number of benzene rings is 1. The highest BCUT2D eigenvalue weighted by Crippen LogP contribution is 2.65. The van der Waals surface area contributed by atoms with E-state index in [0.717, 1.165) is 28.7 Å². The van der Waals surface area contributed by atoms with Crippen molar-refractivity contribution >= 4 is 23.7 Å². The summed E-state index contributed by atoms with van der Waals surface area (Å²) in [4.78, 5) is 52.1. The molecule has 240 valence electrons. The zero-order valence-corrected chi connectivity index (χ0v) is 26.6. The van der Waals surface area contributed by atoms with E-state index in [1.807, 2.05) is 19.9 Å². The molecule has 1 unspecified atom stereocenters. The number of likely N-dealkylation sites (tertiary alicyclic amines) is 1. The lowest BCUT2D eigenvalue weighted by atomic mass is 9.48. The van der Waals surface area contributed by atoms with Crippen LogP contribution in [0.5, 0.6) is 11.5 Å². The number of rotatable bonds is 10. The first-order chi connectivity index (χ1) is 20.8. The van der Waals surface area contributed by atoms with Gasteiger partial charge in [-0.1, -0.05) is 19.9 Å². The second-order valence-electron chi connectivity index (χ2n) is 14.5. The lowest BCUT2D eigenvalue weighted by Crippen LogP contribution is -2.85. The highest BCUT2D eigenvalue weighted by atomic mass is 16.6. The predicted molar refractivity (Wildman–Crippen MR) is 159 cm³/mol. The maximum Gasteiger partial charge on any atom is 0.415 e. The molecule has 3 amide bonds. The summed E-state index contributed by atoms with van der Waals surface area (Å²) < 4.78 is 13.0. The average Bonchev–Trinajstić information content (AvgIpc) is 3.68. The van der Waals surface area contributed by atoms with Crippen LogP contribution >= 0.6 is 0 Å². The van der Waals surface area contributed by atoms with Gasteiger partial charge in [-0.15, -0.1) is 0 Å². The summed E-state index contributed by atoms with van der Waals surface area (Å²) in [5.41, 5.74) is -0.460. The lowest BCUT2D eigenvalue weighted by molar-refractivity contribution is -0.960. The van der Waals surface area contributed by atoms with Crippen LogP contribution in [0.15, 0.2) is 12.1 Å². The molecule has 1 aromatic carbocycles. The van der Waals surface area contributed by atoms with E-state index in [-0.39, 0.29) is 54.8 Å². The minimum Gasteiger partial charge on any atom is -0.844 e. The Morgan fingerprint density at radius 3 is 2.66 bits per heavy atom. The number of hydrogen-bond donors (Lipinski definition) is 2. The second kappa shape index (κ2) is 11.0. The van der Waals surface area contributed by atoms with E-state index in [0.29, 0.717) is 37.4 Å². The van der Waals surface area contributed by atoms with E-state index in [4.69, 9.17) is 9.47 Å². The standard InChI is InChI=1S/C33H46N4O7/c1-19(2)16-23(35-20(3)38)30(40)34-13-14-36(4)31(41)43-25-9-8-22-17-26-33(42)11-10-24(39)29-32(33,27(22)28(25)44-29)12-15-37(26,5)18-21-6-7-21/h8-9,19,21,23,26,29H,6-7,10-18H2,1-5H3,(H,34,40)(H,35,38)/t23-,26+,29-,32-,33+,37?/m0/s1. The van der Waals surface area contributed by atoms with E-state index >= 15 is 5.11 Å². The number of carbonyl (C=O) groups is 4. The Hall–Kier alpha value is -3.18. The van der Waals surface area contributed by atoms with Crippen molar-refractivity contribution in [3.05, 3.63) is 23.3 Å². The fraction of sp³-hybridized carbons (Fsp3) is 0.697. The van der Waals surface area contributed by atoms with E-state index in [9.17, 15) is 19.2 Å². The molecule has 6 rings (SSSR count). The number of quaternary nitrogens is 1. The quantitative estimate of drug-likeness (QED) is 0.383. The summed E-state index contributed by atoms with van der Waals surface area (Å²) in [6.07, 6.45) is 3.20. The molecule has 2 N–H and O–H groups in total. The van der Waals surface area contributed by atoms with Gasteiger partial charge in [0.05, 0.1) is 26.2 Å². The molecular formula is C33H46N4O7. The molecule has 0 radical (unpaired) electrons. The highest BCUT2D eigenvalue weighted by Gasteiger charge is 2.71. The monoisotopic (exact) mass is 610 g/mol. The molecule has 3 aliphatic carbocycles. The molecule has 11 nitrogen and oxygen atoms in total. The van der Waals surface area contributed by atoms with Crippen LogP contribution in [0.3, 0.4) is 0 Å². The number of hydrogen-bond acceptors (Lipinski definition) is 7. The number of likely N-dealkylation sites (N-methyl/N-ethyl adjacent to an activating group) is 2. The second-order valence-corrected chi connectivity index (χ2v) is 14.5. The summed E-state index contributed by atoms with van der Waals surface area (Å²) >= 11 is 0. The van der Waals surface area contributed by atoms with Gasteiger partial charge in [0.1, 0.15) is 6.04 Å². The van der Waals surface area contributed by atoms with Gasteiger partial charge in [0, 0.05) is 63.2 Å². The van der Waals surface area contributed by atoms with Crippen molar-refractivity contribution < 1.29 is 38.2 Å². The third-order valence-electron chi connectivity index (χ3n) is 10.9. The summed E-state index contributed by atoms with van der Waals surface area (Å²) in [5, 5.41) is 20.6. The summed E-state index contributed by atoms with van der Waals surface area (Å²) in [5.74, 6) is 0.836. The van der Waals surface area contributed by atoms with Crippen molar-refractivity contribution in [3.63, 3.8) is 0 Å². The molecule has 2 saturated carbocycles. The van der Waals surface area contributed by atoms with Crippen LogP contribution in [0.1, 0.15) is 70.4 Å². The van der Waals surface area contributed by atoms with Crippen LogP contribution in [0.25, 0.3) is 0 Å². The molecule has 1 spiro atoms. The fourth-order valence-electron chi connectivity index (χ4n) is 8.65. The summed E-state index contributed by atoms with van der Waals surface area (Å²) in [6, 6.07) is 2.90. The molecule has 2 bridgehead atoms. The first kappa shape index (κ1) is 30.8. The van der Waals surface area contributed by atoms with Crippen molar-refractivity contribution in [1.29, 1.82) is 0 Å². The first-order valence-electron chi connectivity index (χ1n) is 16.2. The molecule has 0 aromatic heterocycles. The average molecular weight is 611 g/mol. The van der Waals surface area contributed by atoms with E-state index in [2.05, 4.69) is 17.7 Å². The van der Waals surface area contributed by atoms with Crippen LogP contribution in [0.4, 0.5) is 4.79 Å². The molecule has 2 aliphatic heterocycles. The highest BCUT2D eigenvalue weighted by molar-refractivity contribution is 5.90. The van der Waals surface area contributed by atoms with Crippen molar-refractivity contribution in [1.82, 2.24) is 15.5 Å². The van der Waals surface area contributed by atoms with Crippen molar-refractivity contribution in [2.45, 2.75) is 94.9 Å². The number of amides is 3. The Labute approximate surface area is 259 Å². The number of nitrogens with zero attached hydrogens (tertiary/aromatic N) is 2. The van der Waals surface area contributed by atoms with Gasteiger partial charge >= 0.3 is 6.09 Å². The zero-order valence-electron chi connectivity index (χ0n) is 26.6.